The lowest BCUT2D eigenvalue weighted by molar-refractivity contribution is -0.137. The fraction of sp³-hybridized carbons (Fsp3) is 0.176. The van der Waals surface area contributed by atoms with E-state index in [9.17, 15) is 19.2 Å². The van der Waals surface area contributed by atoms with Crippen LogP contribution in [0.4, 0.5) is 11.4 Å². The van der Waals surface area contributed by atoms with Crippen LogP contribution in [-0.2, 0) is 43.1 Å². The van der Waals surface area contributed by atoms with E-state index in [1.54, 1.807) is 9.80 Å². The van der Waals surface area contributed by atoms with E-state index >= 15 is 0 Å². The van der Waals surface area contributed by atoms with Crippen molar-refractivity contribution in [1.82, 2.24) is 0 Å². The number of anilines is 2. The highest BCUT2D eigenvalue weighted by molar-refractivity contribution is 6.20. The van der Waals surface area contributed by atoms with E-state index < -0.39 is 10.8 Å². The molecule has 0 bridgehead atoms. The predicted molar refractivity (Wildman–Crippen MR) is 153 cm³/mol. The SMILES string of the molecule is O=CC[C@]1([C@@]2(CC=O)C(=O)N(Cc3ccccc3)c3ccccc32)C(=O)N(Cc2ccccc2)c2ccccc21. The van der Waals surface area contributed by atoms with Gasteiger partial charge in [-0.05, 0) is 34.4 Å². The molecule has 2 heterocycles. The first-order chi connectivity index (χ1) is 19.6. The molecule has 198 valence electrons. The third-order valence-corrected chi connectivity index (χ3v) is 8.40. The number of fused-ring (bicyclic) bond motifs is 2. The molecule has 2 atom stereocenters. The minimum absolute atomic E-state index is 0.235. The summed E-state index contributed by atoms with van der Waals surface area (Å²) in [5.74, 6) is -0.701. The molecule has 0 aliphatic carbocycles. The van der Waals surface area contributed by atoms with Crippen LogP contribution in [0, 0.1) is 0 Å². The van der Waals surface area contributed by atoms with E-state index in [0.717, 1.165) is 11.1 Å². The Morgan fingerprint density at radius 1 is 0.500 bits per heavy atom. The van der Waals surface area contributed by atoms with E-state index in [2.05, 4.69) is 0 Å². The van der Waals surface area contributed by atoms with E-state index in [1.807, 2.05) is 109 Å². The summed E-state index contributed by atoms with van der Waals surface area (Å²) in [6.07, 6.45) is 0.953. The minimum atomic E-state index is -1.60. The molecule has 6 heteroatoms. The Bertz CT molecular complexity index is 1480. The summed E-state index contributed by atoms with van der Waals surface area (Å²) in [4.78, 5) is 58.0. The topological polar surface area (TPSA) is 74.8 Å². The maximum atomic E-state index is 14.8. The van der Waals surface area contributed by atoms with Crippen LogP contribution in [0.3, 0.4) is 0 Å². The van der Waals surface area contributed by atoms with Gasteiger partial charge in [-0.2, -0.15) is 0 Å². The molecule has 4 aromatic rings. The molecule has 0 N–H and O–H groups in total. The number of para-hydroxylation sites is 2. The zero-order valence-corrected chi connectivity index (χ0v) is 21.9. The largest absolute Gasteiger partial charge is 0.307 e. The summed E-state index contributed by atoms with van der Waals surface area (Å²) in [7, 11) is 0. The summed E-state index contributed by atoms with van der Waals surface area (Å²) < 4.78 is 0. The van der Waals surface area contributed by atoms with E-state index in [1.165, 1.54) is 0 Å². The van der Waals surface area contributed by atoms with Gasteiger partial charge in [-0.3, -0.25) is 9.59 Å². The highest BCUT2D eigenvalue weighted by atomic mass is 16.2. The summed E-state index contributed by atoms with van der Waals surface area (Å²) in [6.45, 7) is 0.552. The van der Waals surface area contributed by atoms with Gasteiger partial charge in [0, 0.05) is 24.2 Å². The van der Waals surface area contributed by atoms with Crippen LogP contribution in [0.25, 0.3) is 0 Å². The van der Waals surface area contributed by atoms with Gasteiger partial charge < -0.3 is 19.4 Å². The normalized spacial score (nSPS) is 21.3. The summed E-state index contributed by atoms with van der Waals surface area (Å²) in [5, 5.41) is 0. The second-order valence-electron chi connectivity index (χ2n) is 10.3. The molecule has 6 nitrogen and oxygen atoms in total. The van der Waals surface area contributed by atoms with E-state index in [4.69, 9.17) is 0 Å². The van der Waals surface area contributed by atoms with Crippen molar-refractivity contribution < 1.29 is 19.2 Å². The maximum Gasteiger partial charge on any atom is 0.239 e. The van der Waals surface area contributed by atoms with Gasteiger partial charge in [-0.1, -0.05) is 97.1 Å². The van der Waals surface area contributed by atoms with E-state index in [-0.39, 0.29) is 37.7 Å². The zero-order valence-electron chi connectivity index (χ0n) is 21.9. The average Bonchev–Trinajstić information content (AvgIpc) is 3.37. The second-order valence-corrected chi connectivity index (χ2v) is 10.3. The van der Waals surface area contributed by atoms with E-state index in [0.29, 0.717) is 35.1 Å². The highest BCUT2D eigenvalue weighted by Crippen LogP contribution is 2.61. The number of benzene rings is 4. The summed E-state index contributed by atoms with van der Waals surface area (Å²) >= 11 is 0. The van der Waals surface area contributed by atoms with Gasteiger partial charge in [0.1, 0.15) is 23.4 Å². The number of hydrogen-bond acceptors (Lipinski definition) is 4. The molecule has 2 aliphatic heterocycles. The first-order valence-electron chi connectivity index (χ1n) is 13.4. The molecule has 0 saturated carbocycles. The van der Waals surface area contributed by atoms with Crippen molar-refractivity contribution in [3.63, 3.8) is 0 Å². The zero-order chi connectivity index (χ0) is 27.7. The number of hydrogen-bond donors (Lipinski definition) is 0. The molecule has 0 saturated heterocycles. The quantitative estimate of drug-likeness (QED) is 0.282. The van der Waals surface area contributed by atoms with Crippen molar-refractivity contribution in [1.29, 1.82) is 0 Å². The van der Waals surface area contributed by atoms with Crippen molar-refractivity contribution in [2.45, 2.75) is 36.8 Å². The maximum absolute atomic E-state index is 14.8. The third kappa shape index (κ3) is 3.56. The average molecular weight is 529 g/mol. The van der Waals surface area contributed by atoms with Gasteiger partial charge in [0.15, 0.2) is 0 Å². The number of carbonyl (C=O) groups is 4. The lowest BCUT2D eigenvalue weighted by Crippen LogP contribution is -2.60. The molecule has 0 unspecified atom stereocenters. The fourth-order valence-corrected chi connectivity index (χ4v) is 6.71. The highest BCUT2D eigenvalue weighted by Gasteiger charge is 2.70. The van der Waals surface area contributed by atoms with Crippen molar-refractivity contribution >= 4 is 35.8 Å². The van der Waals surface area contributed by atoms with Gasteiger partial charge in [-0.15, -0.1) is 0 Å². The Morgan fingerprint density at radius 3 is 1.23 bits per heavy atom. The second kappa shape index (κ2) is 10.0. The third-order valence-electron chi connectivity index (χ3n) is 8.40. The Balaban J connectivity index is 1.59. The Morgan fingerprint density at radius 2 is 0.850 bits per heavy atom. The molecule has 0 spiro atoms. The number of amides is 2. The van der Waals surface area contributed by atoms with Crippen molar-refractivity contribution in [3.8, 4) is 0 Å². The molecule has 0 radical (unpaired) electrons. The van der Waals surface area contributed by atoms with Crippen molar-refractivity contribution in [2.75, 3.05) is 9.80 Å². The first-order valence-corrected chi connectivity index (χ1v) is 13.4. The van der Waals surface area contributed by atoms with Gasteiger partial charge in [-0.25, -0.2) is 0 Å². The standard InChI is InChI=1S/C34H28N2O4/c37-21-19-33(27-15-7-9-17-29(27)35(31(33)39)23-25-11-3-1-4-12-25)34(20-22-38)28-16-8-10-18-30(28)36(32(34)40)24-26-13-5-2-6-14-26/h1-18,21-22H,19-20,23-24H2/t33-,34-/m1/s1. The molecule has 0 fully saturated rings. The molecule has 0 aromatic heterocycles. The van der Waals surface area contributed by atoms with Gasteiger partial charge in [0.2, 0.25) is 11.8 Å². The number of nitrogens with zero attached hydrogens (tertiary/aromatic N) is 2. The van der Waals surface area contributed by atoms with Crippen LogP contribution in [-0.4, -0.2) is 24.4 Å². The fourth-order valence-electron chi connectivity index (χ4n) is 6.71. The van der Waals surface area contributed by atoms with Crippen LogP contribution in [0.15, 0.2) is 109 Å². The minimum Gasteiger partial charge on any atom is -0.307 e. The lowest BCUT2D eigenvalue weighted by atomic mass is 9.55. The van der Waals surface area contributed by atoms with Gasteiger partial charge in [0.25, 0.3) is 0 Å². The number of carbonyl (C=O) groups excluding carboxylic acids is 4. The van der Waals surface area contributed by atoms with Crippen molar-refractivity contribution in [3.05, 3.63) is 131 Å². The van der Waals surface area contributed by atoms with Crippen LogP contribution in [0.1, 0.15) is 35.1 Å². The summed E-state index contributed by atoms with van der Waals surface area (Å²) in [5.41, 5.74) is 1.12. The predicted octanol–water partition coefficient (Wildman–Crippen LogP) is 5.13. The van der Waals surface area contributed by atoms with Crippen LogP contribution >= 0.6 is 0 Å². The van der Waals surface area contributed by atoms with Crippen molar-refractivity contribution in [2.24, 2.45) is 0 Å². The molecule has 40 heavy (non-hydrogen) atoms. The Hall–Kier alpha value is -4.84. The van der Waals surface area contributed by atoms with Gasteiger partial charge >= 0.3 is 0 Å². The number of aldehydes is 2. The molecule has 6 rings (SSSR count). The molecule has 4 aromatic carbocycles. The summed E-state index contributed by atoms with van der Waals surface area (Å²) in [6, 6.07) is 33.9. The molecular formula is C34H28N2O4. The first kappa shape index (κ1) is 25.4. The number of rotatable bonds is 9. The van der Waals surface area contributed by atoms with Crippen LogP contribution in [0.2, 0.25) is 0 Å². The Kier molecular flexibility index (Phi) is 6.39. The molecule has 2 amide bonds. The molecule has 2 aliphatic rings. The monoisotopic (exact) mass is 528 g/mol. The lowest BCUT2D eigenvalue weighted by Gasteiger charge is -2.43. The smallest absolute Gasteiger partial charge is 0.239 e. The molecular weight excluding hydrogens is 500 g/mol. The van der Waals surface area contributed by atoms with Crippen LogP contribution < -0.4 is 9.80 Å². The Labute approximate surface area is 232 Å². The van der Waals surface area contributed by atoms with Gasteiger partial charge in [0.05, 0.1) is 13.1 Å². The van der Waals surface area contributed by atoms with Crippen LogP contribution in [0.5, 0.6) is 0 Å².